The zero-order valence-corrected chi connectivity index (χ0v) is 17.6. The van der Waals surface area contributed by atoms with Crippen LogP contribution in [0.1, 0.15) is 26.2 Å². The Labute approximate surface area is 170 Å². The summed E-state index contributed by atoms with van der Waals surface area (Å²) >= 11 is 1.32. The Morgan fingerprint density at radius 1 is 1.32 bits per heavy atom. The van der Waals surface area contributed by atoms with Gasteiger partial charge in [0.2, 0.25) is 15.9 Å². The number of nitrogens with one attached hydrogen (secondary N) is 2. The van der Waals surface area contributed by atoms with Crippen LogP contribution in [0.2, 0.25) is 0 Å². The summed E-state index contributed by atoms with van der Waals surface area (Å²) in [6, 6.07) is 4.63. The fourth-order valence-electron chi connectivity index (χ4n) is 3.10. The maximum Gasteiger partial charge on any atom is 0.243 e. The molecule has 154 valence electrons. The largest absolute Gasteiger partial charge is 0.492 e. The average Bonchev–Trinajstić information content (AvgIpc) is 3.22. The summed E-state index contributed by atoms with van der Waals surface area (Å²) in [4.78, 5) is 16.8. The molecule has 10 heteroatoms. The predicted octanol–water partition coefficient (Wildman–Crippen LogP) is 1.89. The molecule has 0 spiro atoms. The van der Waals surface area contributed by atoms with Crippen LogP contribution in [0, 0.1) is 0 Å². The minimum Gasteiger partial charge on any atom is -0.492 e. The number of nitrogens with zero attached hydrogens (tertiary/aromatic N) is 2. The van der Waals surface area contributed by atoms with E-state index < -0.39 is 10.0 Å². The van der Waals surface area contributed by atoms with Crippen LogP contribution < -0.4 is 15.4 Å². The van der Waals surface area contributed by atoms with Gasteiger partial charge in [-0.2, -0.15) is 4.31 Å². The molecule has 1 fully saturated rings. The molecule has 28 heavy (non-hydrogen) atoms. The fraction of sp³-hybridized carbons (Fsp3) is 0.556. The van der Waals surface area contributed by atoms with Crippen molar-refractivity contribution < 1.29 is 17.9 Å². The Morgan fingerprint density at radius 2 is 2.11 bits per heavy atom. The van der Waals surface area contributed by atoms with Gasteiger partial charge in [0.25, 0.3) is 0 Å². The highest BCUT2D eigenvalue weighted by Gasteiger charge is 2.27. The van der Waals surface area contributed by atoms with Gasteiger partial charge in [0.15, 0.2) is 5.17 Å². The summed E-state index contributed by atoms with van der Waals surface area (Å²) in [6.07, 6.45) is 2.79. The second kappa shape index (κ2) is 9.62. The van der Waals surface area contributed by atoms with Gasteiger partial charge in [0.1, 0.15) is 5.75 Å². The number of sulfonamides is 1. The van der Waals surface area contributed by atoms with E-state index in [2.05, 4.69) is 15.6 Å². The van der Waals surface area contributed by atoms with Crippen molar-refractivity contribution in [1.29, 1.82) is 0 Å². The number of amides is 1. The molecule has 8 nitrogen and oxygen atoms in total. The summed E-state index contributed by atoms with van der Waals surface area (Å²) in [6.45, 7) is 4.82. The molecule has 0 unspecified atom stereocenters. The van der Waals surface area contributed by atoms with E-state index in [9.17, 15) is 13.2 Å². The number of piperidine rings is 1. The van der Waals surface area contributed by atoms with Crippen molar-refractivity contribution in [2.75, 3.05) is 43.9 Å². The van der Waals surface area contributed by atoms with Crippen LogP contribution in [0.15, 0.2) is 28.1 Å². The van der Waals surface area contributed by atoms with Crippen molar-refractivity contribution in [2.45, 2.75) is 31.1 Å². The van der Waals surface area contributed by atoms with Crippen LogP contribution in [0.3, 0.4) is 0 Å². The predicted molar refractivity (Wildman–Crippen MR) is 112 cm³/mol. The van der Waals surface area contributed by atoms with Gasteiger partial charge in [-0.3, -0.25) is 9.79 Å². The van der Waals surface area contributed by atoms with Crippen molar-refractivity contribution in [3.8, 4) is 5.75 Å². The van der Waals surface area contributed by atoms with Crippen molar-refractivity contribution in [2.24, 2.45) is 4.99 Å². The average molecular weight is 427 g/mol. The van der Waals surface area contributed by atoms with Gasteiger partial charge in [0.05, 0.1) is 29.5 Å². The number of hydrogen-bond acceptors (Lipinski definition) is 7. The minimum absolute atomic E-state index is 0.169. The first-order valence-electron chi connectivity index (χ1n) is 9.48. The normalized spacial score (nSPS) is 17.7. The van der Waals surface area contributed by atoms with Gasteiger partial charge >= 0.3 is 0 Å². The number of carbonyl (C=O) groups is 1. The second-order valence-electron chi connectivity index (χ2n) is 6.51. The molecule has 0 aromatic heterocycles. The number of ether oxygens (including phenoxy) is 1. The lowest BCUT2D eigenvalue weighted by Gasteiger charge is -2.26. The van der Waals surface area contributed by atoms with Crippen molar-refractivity contribution in [3.63, 3.8) is 0 Å². The number of carbonyl (C=O) groups excluding carboxylic acids is 1. The van der Waals surface area contributed by atoms with E-state index in [-0.39, 0.29) is 16.6 Å². The summed E-state index contributed by atoms with van der Waals surface area (Å²) in [7, 11) is -3.59. The number of hydrogen-bond donors (Lipinski definition) is 2. The molecule has 0 atom stereocenters. The molecule has 2 aliphatic rings. The molecule has 1 amide bonds. The van der Waals surface area contributed by atoms with E-state index >= 15 is 0 Å². The molecule has 0 radical (unpaired) electrons. The quantitative estimate of drug-likeness (QED) is 0.691. The lowest BCUT2D eigenvalue weighted by molar-refractivity contribution is -0.113. The third-order valence-corrected chi connectivity index (χ3v) is 7.31. The van der Waals surface area contributed by atoms with Crippen molar-refractivity contribution in [3.05, 3.63) is 18.2 Å². The molecule has 2 N–H and O–H groups in total. The van der Waals surface area contributed by atoms with Crippen LogP contribution in [0.5, 0.6) is 5.75 Å². The molecule has 1 aromatic rings. The summed E-state index contributed by atoms with van der Waals surface area (Å²) < 4.78 is 33.0. The zero-order valence-electron chi connectivity index (χ0n) is 15.9. The van der Waals surface area contributed by atoms with Gasteiger partial charge in [-0.05, 0) is 38.0 Å². The van der Waals surface area contributed by atoms with Gasteiger partial charge in [0, 0.05) is 19.6 Å². The summed E-state index contributed by atoms with van der Waals surface area (Å²) in [5, 5.41) is 6.63. The summed E-state index contributed by atoms with van der Waals surface area (Å²) in [5.74, 6) is 0.394. The van der Waals surface area contributed by atoms with Gasteiger partial charge in [-0.25, -0.2) is 8.42 Å². The van der Waals surface area contributed by atoms with Crippen LogP contribution in [-0.2, 0) is 14.8 Å². The van der Waals surface area contributed by atoms with Crippen molar-refractivity contribution in [1.82, 2.24) is 9.62 Å². The SMILES string of the molecule is CCOc1ccc(S(=O)(=O)N2CCCCC2)cc1NC(=O)CSC1=NCCN1. The number of rotatable bonds is 7. The highest BCUT2D eigenvalue weighted by Crippen LogP contribution is 2.30. The van der Waals surface area contributed by atoms with Gasteiger partial charge in [-0.1, -0.05) is 18.2 Å². The Bertz CT molecular complexity index is 836. The Morgan fingerprint density at radius 3 is 2.79 bits per heavy atom. The highest BCUT2D eigenvalue weighted by molar-refractivity contribution is 8.14. The topological polar surface area (TPSA) is 100 Å². The summed E-state index contributed by atoms with van der Waals surface area (Å²) in [5.41, 5.74) is 0.367. The van der Waals surface area contributed by atoms with E-state index in [1.54, 1.807) is 6.07 Å². The highest BCUT2D eigenvalue weighted by atomic mass is 32.2. The molecule has 2 heterocycles. The molecule has 2 aliphatic heterocycles. The van der Waals surface area contributed by atoms with E-state index in [0.29, 0.717) is 31.1 Å². The lowest BCUT2D eigenvalue weighted by Crippen LogP contribution is -2.35. The fourth-order valence-corrected chi connectivity index (χ4v) is 5.37. The maximum absolute atomic E-state index is 12.9. The number of anilines is 1. The molecule has 1 saturated heterocycles. The Kier molecular flexibility index (Phi) is 7.19. The standard InChI is InChI=1S/C18H26N4O4S2/c1-2-26-16-7-6-14(28(24,25)22-10-4-3-5-11-22)12-15(16)21-17(23)13-27-18-19-8-9-20-18/h6-7,12H,2-5,8-11,13H2,1H3,(H,19,20)(H,21,23). The zero-order chi connectivity index (χ0) is 20.0. The van der Waals surface area contributed by atoms with E-state index in [1.807, 2.05) is 6.92 Å². The van der Waals surface area contributed by atoms with E-state index in [0.717, 1.165) is 37.5 Å². The second-order valence-corrected chi connectivity index (χ2v) is 9.41. The van der Waals surface area contributed by atoms with Gasteiger partial charge in [-0.15, -0.1) is 0 Å². The monoisotopic (exact) mass is 426 g/mol. The molecule has 0 saturated carbocycles. The molecule has 3 rings (SSSR count). The third-order valence-electron chi connectivity index (χ3n) is 4.46. The molecule has 0 aliphatic carbocycles. The number of amidine groups is 1. The minimum atomic E-state index is -3.59. The maximum atomic E-state index is 12.9. The smallest absolute Gasteiger partial charge is 0.243 e. The first-order valence-corrected chi connectivity index (χ1v) is 11.9. The Hall–Kier alpha value is -1.78. The van der Waals surface area contributed by atoms with Crippen LogP contribution in [0.4, 0.5) is 5.69 Å². The molecular weight excluding hydrogens is 400 g/mol. The Balaban J connectivity index is 1.75. The molecule has 1 aromatic carbocycles. The van der Waals surface area contributed by atoms with Gasteiger partial charge < -0.3 is 15.4 Å². The first-order chi connectivity index (χ1) is 13.5. The number of aliphatic imine (C=N–C) groups is 1. The molecular formula is C18H26N4O4S2. The van der Waals surface area contributed by atoms with Crippen molar-refractivity contribution >= 4 is 38.5 Å². The van der Waals surface area contributed by atoms with Crippen LogP contribution in [-0.4, -0.2) is 62.3 Å². The third kappa shape index (κ3) is 5.18. The van der Waals surface area contributed by atoms with E-state index in [4.69, 9.17) is 4.74 Å². The van der Waals surface area contributed by atoms with E-state index in [1.165, 1.54) is 28.2 Å². The number of benzene rings is 1. The lowest BCUT2D eigenvalue weighted by atomic mass is 10.2. The first kappa shape index (κ1) is 20.9. The van der Waals surface area contributed by atoms with Crippen LogP contribution in [0.25, 0.3) is 0 Å². The van der Waals surface area contributed by atoms with Crippen LogP contribution >= 0.6 is 11.8 Å². The number of thioether (sulfide) groups is 1. The molecule has 0 bridgehead atoms.